The summed E-state index contributed by atoms with van der Waals surface area (Å²) in [7, 11) is 0. The smallest absolute Gasteiger partial charge is 0.0199 e. The van der Waals surface area contributed by atoms with Crippen LogP contribution in [0, 0.1) is 5.41 Å². The van der Waals surface area contributed by atoms with Gasteiger partial charge in [0.2, 0.25) is 0 Å². The number of unbranched alkanes of at least 4 members (excludes halogenated alkanes) is 1. The van der Waals surface area contributed by atoms with Gasteiger partial charge in [-0.15, -0.1) is 0 Å². The lowest BCUT2D eigenvalue weighted by Gasteiger charge is -2.48. The number of hydrogen-bond donors (Lipinski definition) is 0. The number of allylic oxidation sites excluding steroid dienone is 4. The van der Waals surface area contributed by atoms with Crippen LogP contribution in [0.3, 0.4) is 0 Å². The lowest BCUT2D eigenvalue weighted by atomic mass is 9.55. The molecule has 0 bridgehead atoms. The van der Waals surface area contributed by atoms with Crippen molar-refractivity contribution in [1.29, 1.82) is 0 Å². The van der Waals surface area contributed by atoms with Crippen molar-refractivity contribution in [2.75, 3.05) is 0 Å². The summed E-state index contributed by atoms with van der Waals surface area (Å²) in [5, 5.41) is 5.53. The molecule has 168 valence electrons. The van der Waals surface area contributed by atoms with Crippen molar-refractivity contribution >= 4 is 21.5 Å². The van der Waals surface area contributed by atoms with Gasteiger partial charge >= 0.3 is 0 Å². The van der Waals surface area contributed by atoms with Crippen LogP contribution < -0.4 is 0 Å². The molecule has 0 amide bonds. The van der Waals surface area contributed by atoms with E-state index in [0.717, 1.165) is 0 Å². The summed E-state index contributed by atoms with van der Waals surface area (Å²) >= 11 is 0. The van der Waals surface area contributed by atoms with Crippen molar-refractivity contribution < 1.29 is 0 Å². The fraction of sp³-hybridized carbons (Fsp3) is 0.294. The predicted octanol–water partition coefficient (Wildman–Crippen LogP) is 9.72. The Morgan fingerprint density at radius 3 is 1.94 bits per heavy atom. The molecular formula is C34H32. The van der Waals surface area contributed by atoms with Gasteiger partial charge < -0.3 is 0 Å². The van der Waals surface area contributed by atoms with Crippen molar-refractivity contribution in [3.8, 4) is 11.1 Å². The molecule has 0 N–H and O–H groups in total. The van der Waals surface area contributed by atoms with Crippen LogP contribution in [0.5, 0.6) is 0 Å². The van der Waals surface area contributed by atoms with Crippen LogP contribution in [-0.4, -0.2) is 0 Å². The second-order valence-corrected chi connectivity index (χ2v) is 10.7. The van der Waals surface area contributed by atoms with Crippen LogP contribution >= 0.6 is 0 Å². The molecule has 0 aromatic heterocycles. The van der Waals surface area contributed by atoms with E-state index in [1.807, 2.05) is 0 Å². The summed E-state index contributed by atoms with van der Waals surface area (Å²) in [6.45, 7) is 2.30. The van der Waals surface area contributed by atoms with Gasteiger partial charge in [0.25, 0.3) is 0 Å². The second kappa shape index (κ2) is 7.70. The molecule has 0 nitrogen and oxygen atoms in total. The summed E-state index contributed by atoms with van der Waals surface area (Å²) < 4.78 is 0. The summed E-state index contributed by atoms with van der Waals surface area (Å²) in [5.41, 5.74) is 9.64. The average molecular weight is 441 g/mol. The highest BCUT2D eigenvalue weighted by molar-refractivity contribution is 6.10. The molecule has 3 aliphatic rings. The highest BCUT2D eigenvalue weighted by Gasteiger charge is 2.51. The fourth-order valence-corrected chi connectivity index (χ4v) is 7.18. The lowest BCUT2D eigenvalue weighted by Crippen LogP contribution is -2.37. The molecule has 0 heteroatoms. The van der Waals surface area contributed by atoms with E-state index in [2.05, 4.69) is 91.9 Å². The van der Waals surface area contributed by atoms with Crippen LogP contribution in [0.25, 0.3) is 32.7 Å². The van der Waals surface area contributed by atoms with Crippen LogP contribution in [-0.2, 0) is 0 Å². The lowest BCUT2D eigenvalue weighted by molar-refractivity contribution is 0.166. The molecule has 4 aromatic rings. The van der Waals surface area contributed by atoms with Crippen LogP contribution in [0.2, 0.25) is 0 Å². The molecule has 0 heterocycles. The van der Waals surface area contributed by atoms with Crippen LogP contribution in [0.1, 0.15) is 68.9 Å². The molecule has 0 aliphatic heterocycles. The van der Waals surface area contributed by atoms with E-state index in [1.165, 1.54) is 77.6 Å². The highest BCUT2D eigenvalue weighted by Crippen LogP contribution is 2.65. The van der Waals surface area contributed by atoms with Gasteiger partial charge in [-0.2, -0.15) is 0 Å². The summed E-state index contributed by atoms with van der Waals surface area (Å²) in [4.78, 5) is 0. The molecular weight excluding hydrogens is 408 g/mol. The van der Waals surface area contributed by atoms with Gasteiger partial charge in [0, 0.05) is 11.3 Å². The Balaban J connectivity index is 1.48. The Bertz CT molecular complexity index is 1410. The monoisotopic (exact) mass is 440 g/mol. The molecule has 0 atom stereocenters. The van der Waals surface area contributed by atoms with Gasteiger partial charge in [-0.05, 0) is 81.5 Å². The molecule has 1 saturated carbocycles. The van der Waals surface area contributed by atoms with Crippen molar-refractivity contribution in [3.63, 3.8) is 0 Å². The summed E-state index contributed by atoms with van der Waals surface area (Å²) in [6.07, 6.45) is 14.2. The van der Waals surface area contributed by atoms with Gasteiger partial charge in [-0.25, -0.2) is 0 Å². The summed E-state index contributed by atoms with van der Waals surface area (Å²) in [6, 6.07) is 27.7. The molecule has 7 rings (SSSR count). The average Bonchev–Trinajstić information content (AvgIpc) is 3.46. The third-order valence-corrected chi connectivity index (χ3v) is 8.96. The Morgan fingerprint density at radius 1 is 0.765 bits per heavy atom. The molecule has 0 saturated heterocycles. The Labute approximate surface area is 203 Å². The van der Waals surface area contributed by atoms with Crippen LogP contribution in [0.4, 0.5) is 0 Å². The van der Waals surface area contributed by atoms with E-state index in [1.54, 1.807) is 22.3 Å². The van der Waals surface area contributed by atoms with Gasteiger partial charge in [-0.3, -0.25) is 0 Å². The van der Waals surface area contributed by atoms with E-state index < -0.39 is 0 Å². The number of hydrogen-bond acceptors (Lipinski definition) is 0. The molecule has 0 spiro atoms. The topological polar surface area (TPSA) is 0 Å². The largest absolute Gasteiger partial charge is 0.0766 e. The number of fused-ring (bicyclic) bond motifs is 7. The van der Waals surface area contributed by atoms with E-state index in [4.69, 9.17) is 0 Å². The van der Waals surface area contributed by atoms with Crippen LogP contribution in [0.15, 0.2) is 96.1 Å². The first-order chi connectivity index (χ1) is 16.8. The van der Waals surface area contributed by atoms with Crippen molar-refractivity contribution in [2.45, 2.75) is 57.8 Å². The highest BCUT2D eigenvalue weighted by atomic mass is 14.5. The van der Waals surface area contributed by atoms with Gasteiger partial charge in [0.15, 0.2) is 0 Å². The zero-order chi connectivity index (χ0) is 22.7. The standard InChI is InChI=1S/C34H32/c1-2-3-9-23-14-17-26(22-23)34(20-8-21-34)33-29-18-15-24-10-4-6-12-27(24)31(29)32-28-13-7-5-11-25(28)16-19-30(32)33/h4-7,10-13,15-19,22,33H,2-3,8-9,14,20-21H2,1H3. The first-order valence-corrected chi connectivity index (χ1v) is 13.2. The number of benzene rings is 4. The summed E-state index contributed by atoms with van der Waals surface area (Å²) in [5.74, 6) is 0.452. The zero-order valence-corrected chi connectivity index (χ0v) is 20.1. The minimum Gasteiger partial charge on any atom is -0.0766 e. The minimum absolute atomic E-state index is 0.249. The molecule has 3 aliphatic carbocycles. The normalized spacial score (nSPS) is 18.5. The van der Waals surface area contributed by atoms with E-state index in [-0.39, 0.29) is 5.41 Å². The van der Waals surface area contributed by atoms with E-state index in [9.17, 15) is 0 Å². The van der Waals surface area contributed by atoms with Crippen molar-refractivity contribution in [2.24, 2.45) is 5.41 Å². The first-order valence-electron chi connectivity index (χ1n) is 13.2. The predicted molar refractivity (Wildman–Crippen MR) is 145 cm³/mol. The number of rotatable bonds is 5. The maximum absolute atomic E-state index is 2.61. The second-order valence-electron chi connectivity index (χ2n) is 10.7. The SMILES string of the molecule is CCCCC1=CC(C2(C3c4ccc5ccccc5c4-c4c3ccc3ccccc43)CCC2)=CC1. The van der Waals surface area contributed by atoms with Gasteiger partial charge in [0.1, 0.15) is 0 Å². The van der Waals surface area contributed by atoms with E-state index in [0.29, 0.717) is 5.92 Å². The first kappa shape index (κ1) is 20.3. The maximum atomic E-state index is 2.61. The Morgan fingerprint density at radius 2 is 1.38 bits per heavy atom. The van der Waals surface area contributed by atoms with Gasteiger partial charge in [0.05, 0.1) is 0 Å². The van der Waals surface area contributed by atoms with Crippen molar-refractivity contribution in [1.82, 2.24) is 0 Å². The minimum atomic E-state index is 0.249. The maximum Gasteiger partial charge on any atom is 0.0199 e. The molecule has 1 fully saturated rings. The molecule has 0 unspecified atom stereocenters. The molecule has 4 aromatic carbocycles. The zero-order valence-electron chi connectivity index (χ0n) is 20.1. The van der Waals surface area contributed by atoms with Crippen molar-refractivity contribution in [3.05, 3.63) is 107 Å². The third-order valence-electron chi connectivity index (χ3n) is 8.96. The third kappa shape index (κ3) is 2.78. The molecule has 34 heavy (non-hydrogen) atoms. The fourth-order valence-electron chi connectivity index (χ4n) is 7.18. The quantitative estimate of drug-likeness (QED) is 0.290. The van der Waals surface area contributed by atoms with Gasteiger partial charge in [-0.1, -0.05) is 110 Å². The Hall–Kier alpha value is -3.12. The van der Waals surface area contributed by atoms with E-state index >= 15 is 0 Å². The molecule has 0 radical (unpaired) electrons. The Kier molecular flexibility index (Phi) is 4.59.